The highest BCUT2D eigenvalue weighted by molar-refractivity contribution is 5.91. The minimum absolute atomic E-state index is 0.00686. The first-order valence-corrected chi connectivity index (χ1v) is 8.18. The minimum Gasteiger partial charge on any atom is -0.459 e. The molecule has 132 valence electrons. The van der Waals surface area contributed by atoms with Gasteiger partial charge in [-0.1, -0.05) is 0 Å². The van der Waals surface area contributed by atoms with Crippen LogP contribution >= 0.6 is 0 Å². The molecule has 0 atom stereocenters. The van der Waals surface area contributed by atoms with Gasteiger partial charge in [0, 0.05) is 45.7 Å². The maximum atomic E-state index is 12.2. The van der Waals surface area contributed by atoms with Crippen LogP contribution in [0.2, 0.25) is 0 Å². The predicted octanol–water partition coefficient (Wildman–Crippen LogP) is -0.320. The maximum absolute atomic E-state index is 12.2. The summed E-state index contributed by atoms with van der Waals surface area (Å²) in [4.78, 5) is 39.2. The molecule has 0 aliphatic carbocycles. The molecule has 8 heteroatoms. The van der Waals surface area contributed by atoms with Crippen molar-refractivity contribution in [1.29, 1.82) is 0 Å². The van der Waals surface area contributed by atoms with E-state index in [0.717, 1.165) is 0 Å². The summed E-state index contributed by atoms with van der Waals surface area (Å²) in [5.41, 5.74) is 0. The Morgan fingerprint density at radius 3 is 2.54 bits per heavy atom. The molecule has 0 radical (unpaired) electrons. The third-order valence-corrected chi connectivity index (χ3v) is 3.84. The Hall–Kier alpha value is -2.35. The summed E-state index contributed by atoms with van der Waals surface area (Å²) in [6.07, 6.45) is 1.68. The van der Waals surface area contributed by atoms with E-state index in [1.165, 1.54) is 6.26 Å². The zero-order valence-corrected chi connectivity index (χ0v) is 13.9. The van der Waals surface area contributed by atoms with Gasteiger partial charge in [-0.05, 0) is 19.1 Å². The van der Waals surface area contributed by atoms with Crippen LogP contribution in [0.25, 0.3) is 0 Å². The highest BCUT2D eigenvalue weighted by Crippen LogP contribution is 2.04. The maximum Gasteiger partial charge on any atom is 0.286 e. The molecule has 2 rings (SSSR count). The molecule has 3 amide bonds. The molecule has 1 aromatic rings. The number of rotatable bonds is 7. The molecule has 1 saturated heterocycles. The van der Waals surface area contributed by atoms with Crippen LogP contribution in [0.5, 0.6) is 0 Å². The van der Waals surface area contributed by atoms with Crippen LogP contribution in [0.4, 0.5) is 0 Å². The first-order chi connectivity index (χ1) is 11.6. The standard InChI is InChI=1S/C16H24N4O4/c1-2-17-14(21)12-19-7-9-20(10-8-19)15(22)5-6-18-16(23)13-4-3-11-24-13/h3-4,11H,2,5-10,12H2,1H3,(H,17,21)(H,18,23). The van der Waals surface area contributed by atoms with Crippen LogP contribution in [0.15, 0.2) is 22.8 Å². The molecule has 1 aliphatic rings. The van der Waals surface area contributed by atoms with Gasteiger partial charge in [0.2, 0.25) is 11.8 Å². The molecule has 2 heterocycles. The number of amides is 3. The van der Waals surface area contributed by atoms with Crippen molar-refractivity contribution in [3.63, 3.8) is 0 Å². The Kier molecular flexibility index (Phi) is 6.80. The number of nitrogens with one attached hydrogen (secondary N) is 2. The molecule has 0 spiro atoms. The van der Waals surface area contributed by atoms with E-state index in [4.69, 9.17) is 4.42 Å². The summed E-state index contributed by atoms with van der Waals surface area (Å²) in [5, 5.41) is 5.43. The number of piperazine rings is 1. The largest absolute Gasteiger partial charge is 0.459 e. The van der Waals surface area contributed by atoms with Crippen molar-refractivity contribution in [2.24, 2.45) is 0 Å². The number of likely N-dealkylation sites (N-methyl/N-ethyl adjacent to an activating group) is 1. The Labute approximate surface area is 141 Å². The first kappa shape index (κ1) is 18.0. The number of hydrogen-bond acceptors (Lipinski definition) is 5. The van der Waals surface area contributed by atoms with Crippen LogP contribution in [-0.2, 0) is 9.59 Å². The SMILES string of the molecule is CCNC(=O)CN1CCN(C(=O)CCNC(=O)c2ccco2)CC1. The average molecular weight is 336 g/mol. The van der Waals surface area contributed by atoms with E-state index in [-0.39, 0.29) is 36.4 Å². The lowest BCUT2D eigenvalue weighted by Crippen LogP contribution is -2.51. The van der Waals surface area contributed by atoms with Crippen LogP contribution in [0, 0.1) is 0 Å². The summed E-state index contributed by atoms with van der Waals surface area (Å²) < 4.78 is 4.98. The molecule has 24 heavy (non-hydrogen) atoms. The van der Waals surface area contributed by atoms with E-state index >= 15 is 0 Å². The molecule has 0 saturated carbocycles. The Bertz CT molecular complexity index is 550. The second kappa shape index (κ2) is 9.07. The number of nitrogens with zero attached hydrogens (tertiary/aromatic N) is 2. The Balaban J connectivity index is 1.64. The summed E-state index contributed by atoms with van der Waals surface area (Å²) in [6.45, 7) is 5.73. The number of carbonyl (C=O) groups excluding carboxylic acids is 3. The zero-order chi connectivity index (χ0) is 17.4. The van der Waals surface area contributed by atoms with Gasteiger partial charge < -0.3 is 20.0 Å². The lowest BCUT2D eigenvalue weighted by Gasteiger charge is -2.34. The van der Waals surface area contributed by atoms with E-state index in [1.807, 2.05) is 11.8 Å². The minimum atomic E-state index is -0.320. The predicted molar refractivity (Wildman–Crippen MR) is 87.4 cm³/mol. The second-order valence-corrected chi connectivity index (χ2v) is 5.59. The normalized spacial score (nSPS) is 15.1. The van der Waals surface area contributed by atoms with Crippen molar-refractivity contribution in [3.05, 3.63) is 24.2 Å². The molecule has 0 bridgehead atoms. The van der Waals surface area contributed by atoms with E-state index in [2.05, 4.69) is 10.6 Å². The van der Waals surface area contributed by atoms with Gasteiger partial charge >= 0.3 is 0 Å². The van der Waals surface area contributed by atoms with Crippen LogP contribution in [0.1, 0.15) is 23.9 Å². The summed E-state index contributed by atoms with van der Waals surface area (Å²) in [7, 11) is 0. The molecular weight excluding hydrogens is 312 g/mol. The summed E-state index contributed by atoms with van der Waals surface area (Å²) >= 11 is 0. The molecule has 8 nitrogen and oxygen atoms in total. The van der Waals surface area contributed by atoms with Crippen LogP contribution < -0.4 is 10.6 Å². The van der Waals surface area contributed by atoms with Crippen molar-refractivity contribution in [3.8, 4) is 0 Å². The molecule has 1 aromatic heterocycles. The fraction of sp³-hybridized carbons (Fsp3) is 0.562. The molecule has 1 fully saturated rings. The Morgan fingerprint density at radius 1 is 1.17 bits per heavy atom. The van der Waals surface area contributed by atoms with Crippen molar-refractivity contribution in [2.75, 3.05) is 45.8 Å². The van der Waals surface area contributed by atoms with Crippen molar-refractivity contribution in [1.82, 2.24) is 20.4 Å². The van der Waals surface area contributed by atoms with Crippen LogP contribution in [0.3, 0.4) is 0 Å². The quantitative estimate of drug-likeness (QED) is 0.712. The molecule has 0 unspecified atom stereocenters. The fourth-order valence-corrected chi connectivity index (χ4v) is 2.55. The molecule has 1 aliphatic heterocycles. The van der Waals surface area contributed by atoms with Crippen LogP contribution in [-0.4, -0.2) is 73.3 Å². The van der Waals surface area contributed by atoms with Gasteiger partial charge in [-0.2, -0.15) is 0 Å². The number of furan rings is 1. The first-order valence-electron chi connectivity index (χ1n) is 8.18. The molecule has 2 N–H and O–H groups in total. The lowest BCUT2D eigenvalue weighted by molar-refractivity contribution is -0.133. The van der Waals surface area contributed by atoms with Crippen molar-refractivity contribution >= 4 is 17.7 Å². The number of hydrogen-bond donors (Lipinski definition) is 2. The fourth-order valence-electron chi connectivity index (χ4n) is 2.55. The molecular formula is C16H24N4O4. The third-order valence-electron chi connectivity index (χ3n) is 3.84. The lowest BCUT2D eigenvalue weighted by atomic mass is 10.2. The van der Waals surface area contributed by atoms with Gasteiger partial charge in [-0.25, -0.2) is 0 Å². The monoisotopic (exact) mass is 336 g/mol. The average Bonchev–Trinajstić information content (AvgIpc) is 3.10. The van der Waals surface area contributed by atoms with Gasteiger partial charge in [-0.15, -0.1) is 0 Å². The highest BCUT2D eigenvalue weighted by atomic mass is 16.3. The van der Waals surface area contributed by atoms with E-state index in [1.54, 1.807) is 17.0 Å². The van der Waals surface area contributed by atoms with E-state index in [9.17, 15) is 14.4 Å². The van der Waals surface area contributed by atoms with E-state index < -0.39 is 0 Å². The van der Waals surface area contributed by atoms with Crippen molar-refractivity contribution < 1.29 is 18.8 Å². The third kappa shape index (κ3) is 5.38. The highest BCUT2D eigenvalue weighted by Gasteiger charge is 2.22. The second-order valence-electron chi connectivity index (χ2n) is 5.59. The van der Waals surface area contributed by atoms with Crippen molar-refractivity contribution in [2.45, 2.75) is 13.3 Å². The van der Waals surface area contributed by atoms with E-state index in [0.29, 0.717) is 39.3 Å². The van der Waals surface area contributed by atoms with Gasteiger partial charge in [-0.3, -0.25) is 19.3 Å². The molecule has 0 aromatic carbocycles. The topological polar surface area (TPSA) is 94.9 Å². The van der Waals surface area contributed by atoms with Gasteiger partial charge in [0.15, 0.2) is 5.76 Å². The number of carbonyl (C=O) groups is 3. The van der Waals surface area contributed by atoms with Gasteiger partial charge in [0.25, 0.3) is 5.91 Å². The smallest absolute Gasteiger partial charge is 0.286 e. The van der Waals surface area contributed by atoms with Gasteiger partial charge in [0.1, 0.15) is 0 Å². The zero-order valence-electron chi connectivity index (χ0n) is 13.9. The summed E-state index contributed by atoms with van der Waals surface area (Å²) in [6, 6.07) is 3.21. The van der Waals surface area contributed by atoms with Gasteiger partial charge in [0.05, 0.1) is 12.8 Å². The Morgan fingerprint density at radius 2 is 1.92 bits per heavy atom. The summed E-state index contributed by atoms with van der Waals surface area (Å²) in [5.74, 6) is -0.0636.